The van der Waals surface area contributed by atoms with Crippen LogP contribution in [0.1, 0.15) is 31.7 Å². The Morgan fingerprint density at radius 1 is 1.38 bits per heavy atom. The molecular weight excluding hydrogens is 174 g/mol. The van der Waals surface area contributed by atoms with Crippen molar-refractivity contribution in [2.75, 3.05) is 7.05 Å². The van der Waals surface area contributed by atoms with Crippen LogP contribution in [-0.2, 0) is 0 Å². The summed E-state index contributed by atoms with van der Waals surface area (Å²) >= 11 is 0. The Bertz CT molecular complexity index is 260. The van der Waals surface area contributed by atoms with Crippen molar-refractivity contribution in [3.8, 4) is 0 Å². The first-order valence-electron chi connectivity index (χ1n) is 4.81. The third kappa shape index (κ3) is 2.67. The van der Waals surface area contributed by atoms with Gasteiger partial charge in [-0.05, 0) is 30.1 Å². The lowest BCUT2D eigenvalue weighted by Gasteiger charge is -2.13. The van der Waals surface area contributed by atoms with E-state index < -0.39 is 0 Å². The minimum Gasteiger partial charge on any atom is -0.338 e. The van der Waals surface area contributed by atoms with Gasteiger partial charge in [-0.25, -0.2) is 0 Å². The van der Waals surface area contributed by atoms with E-state index in [1.54, 1.807) is 0 Å². The Hall–Kier alpha value is -0.603. The smallest absolute Gasteiger partial charge is 0.179 e. The molecule has 1 aromatic rings. The fourth-order valence-electron chi connectivity index (χ4n) is 1.40. The quantitative estimate of drug-likeness (QED) is 0.714. The van der Waals surface area contributed by atoms with Crippen LogP contribution in [0.5, 0.6) is 0 Å². The molecule has 1 rings (SSSR count). The van der Waals surface area contributed by atoms with Crippen LogP contribution in [-0.4, -0.2) is 16.7 Å². The molecule has 2 heteroatoms. The third-order valence-corrected chi connectivity index (χ3v) is 3.34. The van der Waals surface area contributed by atoms with Gasteiger partial charge in [-0.2, -0.15) is 0 Å². The van der Waals surface area contributed by atoms with Crippen molar-refractivity contribution < 1.29 is 0 Å². The van der Waals surface area contributed by atoms with Crippen LogP contribution in [0.2, 0.25) is 0 Å². The normalized spacial score (nSPS) is 12.8. The minimum absolute atomic E-state index is 0.678. The zero-order valence-electron chi connectivity index (χ0n) is 8.59. The topological polar surface area (TPSA) is 12.0 Å². The van der Waals surface area contributed by atoms with E-state index in [1.807, 2.05) is 7.05 Å². The molecule has 1 unspecified atom stereocenters. The van der Waals surface area contributed by atoms with Crippen LogP contribution in [0.25, 0.3) is 0 Å². The number of nitrogens with one attached hydrogen (secondary N) is 1. The average Bonchev–Trinajstić information content (AvgIpc) is 2.18. The Balaban J connectivity index is 2.90. The van der Waals surface area contributed by atoms with Crippen molar-refractivity contribution in [1.82, 2.24) is 4.98 Å². The van der Waals surface area contributed by atoms with Crippen molar-refractivity contribution in [3.05, 3.63) is 29.8 Å². The zero-order chi connectivity index (χ0) is 9.68. The Morgan fingerprint density at radius 2 is 2.08 bits per heavy atom. The highest BCUT2D eigenvalue weighted by Crippen LogP contribution is 2.15. The Kier molecular flexibility index (Phi) is 4.19. The van der Waals surface area contributed by atoms with Crippen LogP contribution in [0.4, 0.5) is 0 Å². The molecule has 1 nitrogen and oxygen atoms in total. The molecule has 0 aromatic heterocycles. The molecule has 0 saturated heterocycles. The summed E-state index contributed by atoms with van der Waals surface area (Å²) < 4.78 is 0. The summed E-state index contributed by atoms with van der Waals surface area (Å²) in [5.74, 6) is 0.678. The van der Waals surface area contributed by atoms with Crippen LogP contribution in [0, 0.1) is 0 Å². The molecule has 0 heterocycles. The molecule has 2 radical (unpaired) electrons. The van der Waals surface area contributed by atoms with Crippen molar-refractivity contribution in [3.63, 3.8) is 0 Å². The molecule has 0 spiro atoms. The highest BCUT2D eigenvalue weighted by Gasteiger charge is 2.07. The second kappa shape index (κ2) is 5.20. The van der Waals surface area contributed by atoms with Gasteiger partial charge in [0.2, 0.25) is 0 Å². The summed E-state index contributed by atoms with van der Waals surface area (Å²) in [5.41, 5.74) is 1.50. The Morgan fingerprint density at radius 3 is 2.69 bits per heavy atom. The highest BCUT2D eigenvalue weighted by atomic mass is 28.2. The molecule has 0 aliphatic rings. The summed E-state index contributed by atoms with van der Waals surface area (Å²) in [6.07, 6.45) is 1.21. The molecule has 13 heavy (non-hydrogen) atoms. The van der Waals surface area contributed by atoms with E-state index in [0.717, 1.165) is 9.68 Å². The first kappa shape index (κ1) is 10.5. The predicted molar refractivity (Wildman–Crippen MR) is 59.6 cm³/mol. The van der Waals surface area contributed by atoms with E-state index in [0.29, 0.717) is 5.92 Å². The van der Waals surface area contributed by atoms with E-state index in [1.165, 1.54) is 17.2 Å². The van der Waals surface area contributed by atoms with Crippen molar-refractivity contribution >= 4 is 14.9 Å². The van der Waals surface area contributed by atoms with E-state index in [9.17, 15) is 0 Å². The molecule has 0 aliphatic carbocycles. The number of rotatable bonds is 4. The second-order valence-electron chi connectivity index (χ2n) is 3.27. The molecule has 70 valence electrons. The van der Waals surface area contributed by atoms with E-state index in [4.69, 9.17) is 0 Å². The van der Waals surface area contributed by atoms with Gasteiger partial charge in [0.05, 0.1) is 0 Å². The summed E-state index contributed by atoms with van der Waals surface area (Å²) in [6.45, 7) is 4.53. The molecule has 1 aromatic carbocycles. The van der Waals surface area contributed by atoms with Gasteiger partial charge in [0, 0.05) is 0 Å². The highest BCUT2D eigenvalue weighted by molar-refractivity contribution is 6.51. The summed E-state index contributed by atoms with van der Waals surface area (Å²) in [6, 6.07) is 8.71. The van der Waals surface area contributed by atoms with Gasteiger partial charge in [-0.15, -0.1) is 0 Å². The lowest BCUT2D eigenvalue weighted by Crippen LogP contribution is -2.30. The molecule has 0 bridgehead atoms. The lowest BCUT2D eigenvalue weighted by atomic mass is 9.99. The van der Waals surface area contributed by atoms with E-state index in [2.05, 4.69) is 43.1 Å². The molecule has 0 fully saturated rings. The Labute approximate surface area is 83.5 Å². The fourth-order valence-corrected chi connectivity index (χ4v) is 2.32. The van der Waals surface area contributed by atoms with Crippen LogP contribution in [0.3, 0.4) is 0 Å². The maximum Gasteiger partial charge on any atom is 0.179 e. The molecular formula is C11H17NSi. The first-order valence-corrected chi connectivity index (χ1v) is 5.81. The number of benzene rings is 1. The predicted octanol–water partition coefficient (Wildman–Crippen LogP) is 1.66. The van der Waals surface area contributed by atoms with Crippen LogP contribution >= 0.6 is 0 Å². The van der Waals surface area contributed by atoms with Crippen LogP contribution in [0.15, 0.2) is 24.3 Å². The molecule has 1 N–H and O–H groups in total. The van der Waals surface area contributed by atoms with E-state index in [-0.39, 0.29) is 0 Å². The largest absolute Gasteiger partial charge is 0.338 e. The summed E-state index contributed by atoms with van der Waals surface area (Å²) in [7, 11) is 2.74. The average molecular weight is 191 g/mol. The lowest BCUT2D eigenvalue weighted by molar-refractivity contribution is 0.737. The van der Waals surface area contributed by atoms with Gasteiger partial charge in [-0.1, -0.05) is 38.1 Å². The van der Waals surface area contributed by atoms with Gasteiger partial charge in [0.15, 0.2) is 9.68 Å². The maximum atomic E-state index is 3.23. The second-order valence-corrected chi connectivity index (χ2v) is 4.56. The monoisotopic (exact) mass is 191 g/mol. The van der Waals surface area contributed by atoms with Crippen molar-refractivity contribution in [2.45, 2.75) is 26.2 Å². The maximum absolute atomic E-state index is 3.23. The van der Waals surface area contributed by atoms with Crippen molar-refractivity contribution in [2.24, 2.45) is 0 Å². The van der Waals surface area contributed by atoms with Gasteiger partial charge >= 0.3 is 0 Å². The number of hydrogen-bond acceptors (Lipinski definition) is 1. The SMILES string of the molecule is CCC(C)c1ccccc1[Si]NC. The summed E-state index contributed by atoms with van der Waals surface area (Å²) in [5, 5.41) is 1.46. The van der Waals surface area contributed by atoms with Gasteiger partial charge in [0.25, 0.3) is 0 Å². The fraction of sp³-hybridized carbons (Fsp3) is 0.455. The summed E-state index contributed by atoms with van der Waals surface area (Å²) in [4.78, 5) is 3.23. The van der Waals surface area contributed by atoms with Gasteiger partial charge < -0.3 is 4.98 Å². The van der Waals surface area contributed by atoms with Crippen molar-refractivity contribution in [1.29, 1.82) is 0 Å². The molecule has 1 atom stereocenters. The first-order chi connectivity index (χ1) is 6.29. The molecule has 0 aliphatic heterocycles. The minimum atomic E-state index is 0.678. The number of hydrogen-bond donors (Lipinski definition) is 1. The van der Waals surface area contributed by atoms with E-state index >= 15 is 0 Å². The standard InChI is InChI=1S/C11H17NSi/c1-4-9(2)10-7-5-6-8-11(10)13-12-3/h5-9,12H,4H2,1-3H3. The van der Waals surface area contributed by atoms with Crippen LogP contribution < -0.4 is 10.2 Å². The molecule has 0 amide bonds. The molecule has 0 saturated carbocycles. The van der Waals surface area contributed by atoms with Gasteiger partial charge in [0.1, 0.15) is 0 Å². The van der Waals surface area contributed by atoms with Gasteiger partial charge in [-0.3, -0.25) is 0 Å². The zero-order valence-corrected chi connectivity index (χ0v) is 9.59. The third-order valence-electron chi connectivity index (χ3n) is 2.36.